The van der Waals surface area contributed by atoms with Crippen LogP contribution >= 0.6 is 35.0 Å². The minimum atomic E-state index is -3.95. The third-order valence-electron chi connectivity index (χ3n) is 4.42. The predicted molar refractivity (Wildman–Crippen MR) is 124 cm³/mol. The van der Waals surface area contributed by atoms with Crippen molar-refractivity contribution in [3.8, 4) is 11.3 Å². The number of hydrogen-bond donors (Lipinski definition) is 0. The van der Waals surface area contributed by atoms with Crippen molar-refractivity contribution in [3.05, 3.63) is 99.2 Å². The van der Waals surface area contributed by atoms with Crippen LogP contribution in [0.1, 0.15) is 0 Å². The summed E-state index contributed by atoms with van der Waals surface area (Å²) in [4.78, 5) is 12.4. The van der Waals surface area contributed by atoms with Crippen molar-refractivity contribution in [2.75, 3.05) is 0 Å². The Hall–Kier alpha value is -2.85. The molecular formula is C21H13Cl2N3O4S2. The van der Waals surface area contributed by atoms with Crippen molar-refractivity contribution in [3.63, 3.8) is 0 Å². The van der Waals surface area contributed by atoms with E-state index in [4.69, 9.17) is 23.2 Å². The van der Waals surface area contributed by atoms with Gasteiger partial charge in [-0.25, -0.2) is 0 Å². The number of aromatic nitrogens is 2. The molecule has 11 heteroatoms. The molecule has 0 saturated carbocycles. The van der Waals surface area contributed by atoms with Crippen LogP contribution in [-0.4, -0.2) is 22.5 Å². The van der Waals surface area contributed by atoms with Gasteiger partial charge in [0.15, 0.2) is 0 Å². The van der Waals surface area contributed by atoms with Crippen LogP contribution in [0, 0.1) is 10.1 Å². The zero-order chi connectivity index (χ0) is 22.9. The minimum absolute atomic E-state index is 0.0198. The van der Waals surface area contributed by atoms with Gasteiger partial charge < -0.3 is 0 Å². The number of rotatable bonds is 6. The highest BCUT2D eigenvalue weighted by Gasteiger charge is 2.21. The molecule has 0 spiro atoms. The van der Waals surface area contributed by atoms with Crippen molar-refractivity contribution >= 4 is 50.7 Å². The molecule has 0 N–H and O–H groups in total. The molecule has 4 aromatic rings. The lowest BCUT2D eigenvalue weighted by Gasteiger charge is -2.08. The van der Waals surface area contributed by atoms with Gasteiger partial charge in [-0.05, 0) is 60.7 Å². The summed E-state index contributed by atoms with van der Waals surface area (Å²) in [5.74, 6) is 0. The van der Waals surface area contributed by atoms with Crippen molar-refractivity contribution in [1.29, 1.82) is 0 Å². The van der Waals surface area contributed by atoms with E-state index >= 15 is 0 Å². The lowest BCUT2D eigenvalue weighted by Crippen LogP contribution is -2.13. The second-order valence-corrected chi connectivity index (χ2v) is 10.3. The molecule has 0 aliphatic heterocycles. The Morgan fingerprint density at radius 2 is 1.53 bits per heavy atom. The highest BCUT2D eigenvalue weighted by molar-refractivity contribution is 7.99. The Morgan fingerprint density at radius 3 is 2.16 bits per heavy atom. The van der Waals surface area contributed by atoms with Crippen LogP contribution in [0.3, 0.4) is 0 Å². The van der Waals surface area contributed by atoms with Gasteiger partial charge in [0.05, 0.1) is 15.5 Å². The fourth-order valence-electron chi connectivity index (χ4n) is 2.85. The Balaban J connectivity index is 1.76. The maximum atomic E-state index is 12.9. The largest absolute Gasteiger partial charge is 0.282 e. The van der Waals surface area contributed by atoms with Gasteiger partial charge in [0.2, 0.25) is 0 Å². The molecule has 0 fully saturated rings. The van der Waals surface area contributed by atoms with E-state index in [1.165, 1.54) is 60.4 Å². The number of nitrogens with zero attached hydrogens (tertiary/aromatic N) is 3. The number of nitro benzene ring substituents is 1. The van der Waals surface area contributed by atoms with Gasteiger partial charge in [0, 0.05) is 43.7 Å². The molecule has 1 heterocycles. The van der Waals surface area contributed by atoms with Gasteiger partial charge in [-0.2, -0.15) is 17.6 Å². The third-order valence-corrected chi connectivity index (χ3v) is 7.57. The van der Waals surface area contributed by atoms with Gasteiger partial charge in [-0.15, -0.1) is 0 Å². The molecule has 0 unspecified atom stereocenters. The third kappa shape index (κ3) is 4.66. The van der Waals surface area contributed by atoms with E-state index < -0.39 is 14.9 Å². The molecule has 0 bridgehead atoms. The zero-order valence-electron chi connectivity index (χ0n) is 16.1. The molecule has 0 aliphatic carbocycles. The van der Waals surface area contributed by atoms with Crippen LogP contribution in [-0.2, 0) is 10.0 Å². The van der Waals surface area contributed by atoms with Gasteiger partial charge in [0.1, 0.15) is 0 Å². The summed E-state index contributed by atoms with van der Waals surface area (Å²) < 4.78 is 26.6. The topological polar surface area (TPSA) is 95.1 Å². The Bertz CT molecular complexity index is 1400. The average Bonchev–Trinajstić information content (AvgIpc) is 3.27. The summed E-state index contributed by atoms with van der Waals surface area (Å²) >= 11 is 13.1. The van der Waals surface area contributed by atoms with Crippen LogP contribution in [0.5, 0.6) is 0 Å². The summed E-state index contributed by atoms with van der Waals surface area (Å²) in [6, 6.07) is 18.7. The average molecular weight is 506 g/mol. The van der Waals surface area contributed by atoms with Crippen molar-refractivity contribution < 1.29 is 13.3 Å². The molecular weight excluding hydrogens is 493 g/mol. The Morgan fingerprint density at radius 1 is 0.906 bits per heavy atom. The number of benzene rings is 3. The molecule has 0 aliphatic rings. The summed E-state index contributed by atoms with van der Waals surface area (Å²) in [6.07, 6.45) is 1.30. The zero-order valence-corrected chi connectivity index (χ0v) is 19.2. The normalized spacial score (nSPS) is 11.4. The monoisotopic (exact) mass is 505 g/mol. The first kappa shape index (κ1) is 22.3. The number of nitro groups is 1. The molecule has 0 saturated heterocycles. The summed E-state index contributed by atoms with van der Waals surface area (Å²) in [6.45, 7) is 0. The van der Waals surface area contributed by atoms with E-state index in [9.17, 15) is 18.5 Å². The summed E-state index contributed by atoms with van der Waals surface area (Å²) in [5, 5.41) is 16.5. The van der Waals surface area contributed by atoms with Gasteiger partial charge in [-0.3, -0.25) is 10.1 Å². The molecule has 3 aromatic carbocycles. The first-order valence-corrected chi connectivity index (χ1v) is 12.0. The van der Waals surface area contributed by atoms with Crippen LogP contribution in [0.15, 0.2) is 93.7 Å². The smallest absolute Gasteiger partial charge is 0.258 e. The summed E-state index contributed by atoms with van der Waals surface area (Å²) in [7, 11) is -3.95. The van der Waals surface area contributed by atoms with E-state index in [2.05, 4.69) is 5.10 Å². The molecule has 0 amide bonds. The Kier molecular flexibility index (Phi) is 6.25. The van der Waals surface area contributed by atoms with Crippen molar-refractivity contribution in [2.45, 2.75) is 14.7 Å². The van der Waals surface area contributed by atoms with Crippen LogP contribution in [0.2, 0.25) is 10.0 Å². The van der Waals surface area contributed by atoms with E-state index in [1.54, 1.807) is 18.2 Å². The summed E-state index contributed by atoms with van der Waals surface area (Å²) in [5.41, 5.74) is 0.586. The SMILES string of the molecule is O=[N+]([O-])c1ccc(Sc2ccc(Cl)cc2)c(-c2ccn(S(=O)(=O)c3ccc(Cl)cc3)n2)c1. The van der Waals surface area contributed by atoms with Crippen molar-refractivity contribution in [1.82, 2.24) is 9.19 Å². The molecule has 1 aromatic heterocycles. The molecule has 7 nitrogen and oxygen atoms in total. The van der Waals surface area contributed by atoms with Crippen LogP contribution < -0.4 is 0 Å². The maximum absolute atomic E-state index is 12.9. The highest BCUT2D eigenvalue weighted by atomic mass is 35.5. The van der Waals surface area contributed by atoms with E-state index in [0.717, 1.165) is 8.98 Å². The lowest BCUT2D eigenvalue weighted by molar-refractivity contribution is -0.384. The molecule has 4 rings (SSSR count). The molecule has 162 valence electrons. The maximum Gasteiger partial charge on any atom is 0.282 e. The first-order valence-electron chi connectivity index (χ1n) is 9.03. The fraction of sp³-hybridized carbons (Fsp3) is 0. The first-order chi connectivity index (χ1) is 15.2. The highest BCUT2D eigenvalue weighted by Crippen LogP contribution is 2.38. The van der Waals surface area contributed by atoms with Gasteiger partial charge in [0.25, 0.3) is 15.7 Å². The quantitative estimate of drug-likeness (QED) is 0.230. The van der Waals surface area contributed by atoms with Gasteiger partial charge >= 0.3 is 0 Å². The second kappa shape index (κ2) is 8.95. The van der Waals surface area contributed by atoms with Crippen LogP contribution in [0.4, 0.5) is 5.69 Å². The molecule has 0 radical (unpaired) electrons. The van der Waals surface area contributed by atoms with E-state index in [0.29, 0.717) is 20.5 Å². The predicted octanol–water partition coefficient (Wildman–Crippen LogP) is 6.15. The number of halogens is 2. The molecule has 32 heavy (non-hydrogen) atoms. The lowest BCUT2D eigenvalue weighted by atomic mass is 10.1. The molecule has 0 atom stereocenters. The van der Waals surface area contributed by atoms with Crippen molar-refractivity contribution in [2.24, 2.45) is 0 Å². The number of non-ortho nitro benzene ring substituents is 1. The van der Waals surface area contributed by atoms with Gasteiger partial charge in [-0.1, -0.05) is 35.0 Å². The van der Waals surface area contributed by atoms with Crippen LogP contribution in [0.25, 0.3) is 11.3 Å². The Labute approximate surface area is 197 Å². The number of hydrogen-bond acceptors (Lipinski definition) is 6. The minimum Gasteiger partial charge on any atom is -0.258 e. The standard InChI is InChI=1S/C21H13Cl2N3O4S2/c22-14-1-6-17(7-2-14)31-21-10-5-16(26(27)28)13-19(21)20-11-12-25(24-20)32(29,30)18-8-3-15(23)4-9-18/h1-13H. The van der Waals surface area contributed by atoms with E-state index in [-0.39, 0.29) is 16.3 Å². The fourth-order valence-corrected chi connectivity index (χ4v) is 5.15. The second-order valence-electron chi connectivity index (χ2n) is 6.53. The van der Waals surface area contributed by atoms with E-state index in [1.807, 2.05) is 12.1 Å².